The number of nitrogens with zero attached hydrogens (tertiary/aromatic N) is 2. The van der Waals surface area contributed by atoms with Gasteiger partial charge >= 0.3 is 0 Å². The zero-order valence-corrected chi connectivity index (χ0v) is 17.4. The van der Waals surface area contributed by atoms with Gasteiger partial charge in [-0.3, -0.25) is 13.9 Å². The number of sulfonamides is 1. The third-order valence-corrected chi connectivity index (χ3v) is 7.04. The van der Waals surface area contributed by atoms with Gasteiger partial charge in [-0.2, -0.15) is 0 Å². The topological polar surface area (TPSA) is 101 Å². The second-order valence-corrected chi connectivity index (χ2v) is 9.22. The molecule has 3 rings (SSSR count). The number of primary amides is 1. The Hall–Kier alpha value is -2.94. The van der Waals surface area contributed by atoms with Crippen LogP contribution in [0, 0.1) is 18.7 Å². The van der Waals surface area contributed by atoms with Gasteiger partial charge < -0.3 is 10.6 Å². The minimum atomic E-state index is -4.10. The van der Waals surface area contributed by atoms with Crippen LogP contribution in [0.25, 0.3) is 0 Å². The molecule has 2 amide bonds. The summed E-state index contributed by atoms with van der Waals surface area (Å²) in [5.41, 5.74) is 6.61. The van der Waals surface area contributed by atoms with Crippen LogP contribution in [0.2, 0.25) is 0 Å². The highest BCUT2D eigenvalue weighted by Gasteiger charge is 2.31. The third-order valence-electron chi connectivity index (χ3n) is 5.25. The Bertz CT molecular complexity index is 1020. The van der Waals surface area contributed by atoms with Crippen molar-refractivity contribution in [3.8, 4) is 0 Å². The maximum atomic E-state index is 13.3. The van der Waals surface area contributed by atoms with Gasteiger partial charge in [-0.05, 0) is 56.2 Å². The number of amides is 2. The molecule has 9 heteroatoms. The van der Waals surface area contributed by atoms with Crippen LogP contribution in [0.3, 0.4) is 0 Å². The van der Waals surface area contributed by atoms with E-state index in [2.05, 4.69) is 0 Å². The van der Waals surface area contributed by atoms with E-state index >= 15 is 0 Å². The molecule has 7 nitrogen and oxygen atoms in total. The summed E-state index contributed by atoms with van der Waals surface area (Å²) < 4.78 is 40.8. The number of halogens is 1. The van der Waals surface area contributed by atoms with Crippen LogP contribution in [0.5, 0.6) is 0 Å². The molecule has 0 radical (unpaired) electrons. The molecule has 1 heterocycles. The zero-order valence-electron chi connectivity index (χ0n) is 16.6. The number of aryl methyl sites for hydroxylation is 1. The van der Waals surface area contributed by atoms with Crippen LogP contribution in [0.4, 0.5) is 10.1 Å². The van der Waals surface area contributed by atoms with Crippen molar-refractivity contribution in [2.75, 3.05) is 23.9 Å². The fourth-order valence-electron chi connectivity index (χ4n) is 3.40. The molecular formula is C21H24FN3O4S. The summed E-state index contributed by atoms with van der Waals surface area (Å²) in [4.78, 5) is 25.7. The van der Waals surface area contributed by atoms with Gasteiger partial charge in [-0.15, -0.1) is 0 Å². The van der Waals surface area contributed by atoms with E-state index in [1.165, 1.54) is 12.1 Å². The summed E-state index contributed by atoms with van der Waals surface area (Å²) in [7, 11) is -4.10. The van der Waals surface area contributed by atoms with Crippen molar-refractivity contribution < 1.29 is 22.4 Å². The van der Waals surface area contributed by atoms with Crippen LogP contribution < -0.4 is 10.0 Å². The van der Waals surface area contributed by atoms with Crippen molar-refractivity contribution in [1.82, 2.24) is 4.90 Å². The summed E-state index contributed by atoms with van der Waals surface area (Å²) in [5.74, 6) is -1.58. The Kier molecular flexibility index (Phi) is 6.40. The summed E-state index contributed by atoms with van der Waals surface area (Å²) in [6.07, 6.45) is 0.909. The third kappa shape index (κ3) is 4.79. The van der Waals surface area contributed by atoms with E-state index in [0.717, 1.165) is 22.0 Å². The summed E-state index contributed by atoms with van der Waals surface area (Å²) >= 11 is 0. The molecule has 30 heavy (non-hydrogen) atoms. The van der Waals surface area contributed by atoms with Gasteiger partial charge in [-0.1, -0.05) is 17.7 Å². The van der Waals surface area contributed by atoms with Crippen molar-refractivity contribution in [2.45, 2.75) is 24.7 Å². The van der Waals surface area contributed by atoms with Crippen LogP contribution in [-0.4, -0.2) is 44.8 Å². The number of hydrogen-bond acceptors (Lipinski definition) is 4. The second kappa shape index (κ2) is 8.83. The lowest BCUT2D eigenvalue weighted by molar-refractivity contribution is -0.133. The molecule has 1 aliphatic rings. The zero-order chi connectivity index (χ0) is 21.9. The minimum Gasteiger partial charge on any atom is -0.369 e. The van der Waals surface area contributed by atoms with E-state index in [1.54, 1.807) is 29.2 Å². The number of carbonyl (C=O) groups excluding carboxylic acids is 2. The van der Waals surface area contributed by atoms with Crippen molar-refractivity contribution in [2.24, 2.45) is 11.7 Å². The molecule has 0 spiro atoms. The standard InChI is InChI=1S/C21H24FN3O4S/c1-15-2-6-18(7-3-15)25(30(28,29)19-8-4-17(22)5-9-19)14-20(26)24-12-10-16(11-13-24)21(23)27/h2-9,16H,10-14H2,1H3,(H2,23,27). The first-order valence-corrected chi connectivity index (χ1v) is 11.0. The van der Waals surface area contributed by atoms with Crippen molar-refractivity contribution >= 4 is 27.5 Å². The minimum absolute atomic E-state index is 0.107. The normalized spacial score (nSPS) is 15.1. The number of carbonyl (C=O) groups is 2. The van der Waals surface area contributed by atoms with E-state index in [9.17, 15) is 22.4 Å². The van der Waals surface area contributed by atoms with Crippen molar-refractivity contribution in [1.29, 1.82) is 0 Å². The first-order chi connectivity index (χ1) is 14.2. The van der Waals surface area contributed by atoms with Gasteiger partial charge in [0.15, 0.2) is 0 Å². The number of nitrogens with two attached hydrogens (primary N) is 1. The largest absolute Gasteiger partial charge is 0.369 e. The smallest absolute Gasteiger partial charge is 0.264 e. The number of likely N-dealkylation sites (tertiary alicyclic amines) is 1. The lowest BCUT2D eigenvalue weighted by atomic mass is 9.96. The molecule has 0 atom stereocenters. The molecule has 1 aliphatic heterocycles. The summed E-state index contributed by atoms with van der Waals surface area (Å²) in [5, 5.41) is 0. The molecule has 0 saturated carbocycles. The molecule has 0 aromatic heterocycles. The molecule has 160 valence electrons. The molecule has 2 aromatic rings. The van der Waals surface area contributed by atoms with Gasteiger partial charge in [0, 0.05) is 19.0 Å². The quantitative estimate of drug-likeness (QED) is 0.753. The number of piperidine rings is 1. The number of benzene rings is 2. The average Bonchev–Trinajstić information content (AvgIpc) is 2.73. The molecule has 1 fully saturated rings. The predicted octanol–water partition coefficient (Wildman–Crippen LogP) is 2.05. The fraction of sp³-hybridized carbons (Fsp3) is 0.333. The number of hydrogen-bond donors (Lipinski definition) is 1. The predicted molar refractivity (Wildman–Crippen MR) is 111 cm³/mol. The molecule has 2 N–H and O–H groups in total. The molecule has 1 saturated heterocycles. The van der Waals surface area contributed by atoms with E-state index in [1.807, 2.05) is 6.92 Å². The highest BCUT2D eigenvalue weighted by atomic mass is 32.2. The van der Waals surface area contributed by atoms with Crippen LogP contribution in [-0.2, 0) is 19.6 Å². The molecular weight excluding hydrogens is 409 g/mol. The Morgan fingerprint density at radius 1 is 1.07 bits per heavy atom. The molecule has 0 aliphatic carbocycles. The van der Waals surface area contributed by atoms with Crippen molar-refractivity contribution in [3.63, 3.8) is 0 Å². The van der Waals surface area contributed by atoms with Gasteiger partial charge in [0.1, 0.15) is 12.4 Å². The van der Waals surface area contributed by atoms with Crippen LogP contribution >= 0.6 is 0 Å². The first kappa shape index (κ1) is 21.8. The fourth-order valence-corrected chi connectivity index (χ4v) is 4.81. The molecule has 0 unspecified atom stereocenters. The van der Waals surface area contributed by atoms with Gasteiger partial charge in [0.25, 0.3) is 10.0 Å². The van der Waals surface area contributed by atoms with Crippen LogP contribution in [0.15, 0.2) is 53.4 Å². The van der Waals surface area contributed by atoms with Gasteiger partial charge in [0.2, 0.25) is 11.8 Å². The SMILES string of the molecule is Cc1ccc(N(CC(=O)N2CCC(C(N)=O)CC2)S(=O)(=O)c2ccc(F)cc2)cc1. The lowest BCUT2D eigenvalue weighted by Gasteiger charge is -2.33. The van der Waals surface area contributed by atoms with E-state index in [0.29, 0.717) is 31.6 Å². The maximum absolute atomic E-state index is 13.3. The average molecular weight is 434 g/mol. The molecule has 2 aromatic carbocycles. The van der Waals surface area contributed by atoms with Gasteiger partial charge in [-0.25, -0.2) is 12.8 Å². The Labute approximate surface area is 175 Å². The maximum Gasteiger partial charge on any atom is 0.264 e. The van der Waals surface area contributed by atoms with Gasteiger partial charge in [0.05, 0.1) is 10.6 Å². The number of rotatable bonds is 6. The van der Waals surface area contributed by atoms with E-state index in [-0.39, 0.29) is 22.6 Å². The first-order valence-electron chi connectivity index (χ1n) is 9.60. The Morgan fingerprint density at radius 3 is 2.17 bits per heavy atom. The number of anilines is 1. The Morgan fingerprint density at radius 2 is 1.63 bits per heavy atom. The summed E-state index contributed by atoms with van der Waals surface area (Å²) in [6, 6.07) is 11.2. The van der Waals surface area contributed by atoms with Crippen LogP contribution in [0.1, 0.15) is 18.4 Å². The van der Waals surface area contributed by atoms with Crippen molar-refractivity contribution in [3.05, 3.63) is 59.9 Å². The second-order valence-electron chi connectivity index (χ2n) is 7.36. The molecule has 0 bridgehead atoms. The summed E-state index contributed by atoms with van der Waals surface area (Å²) in [6.45, 7) is 2.15. The highest BCUT2D eigenvalue weighted by Crippen LogP contribution is 2.25. The Balaban J connectivity index is 1.87. The van der Waals surface area contributed by atoms with E-state index < -0.39 is 22.4 Å². The van der Waals surface area contributed by atoms with E-state index in [4.69, 9.17) is 5.73 Å². The highest BCUT2D eigenvalue weighted by molar-refractivity contribution is 7.92. The monoisotopic (exact) mass is 433 g/mol. The lowest BCUT2D eigenvalue weighted by Crippen LogP contribution is -2.47.